The topological polar surface area (TPSA) is 62.5 Å². The van der Waals surface area contributed by atoms with E-state index in [9.17, 15) is 9.90 Å². The molecule has 0 saturated heterocycles. The zero-order chi connectivity index (χ0) is 16.3. The summed E-state index contributed by atoms with van der Waals surface area (Å²) < 4.78 is 5.63. The van der Waals surface area contributed by atoms with Gasteiger partial charge in [-0.15, -0.1) is 0 Å². The minimum atomic E-state index is -0.230. The maximum Gasteiger partial charge on any atom is 0.287 e. The Morgan fingerprint density at radius 3 is 2.77 bits per heavy atom. The van der Waals surface area contributed by atoms with E-state index in [1.165, 1.54) is 0 Å². The van der Waals surface area contributed by atoms with Crippen molar-refractivity contribution in [2.24, 2.45) is 5.41 Å². The quantitative estimate of drug-likeness (QED) is 0.792. The molecule has 4 nitrogen and oxygen atoms in total. The van der Waals surface area contributed by atoms with Gasteiger partial charge in [0.2, 0.25) is 0 Å². The number of amides is 1. The number of nitrogens with one attached hydrogen (secondary N) is 1. The molecule has 1 aromatic heterocycles. The van der Waals surface area contributed by atoms with E-state index >= 15 is 0 Å². The molecule has 0 radical (unpaired) electrons. The summed E-state index contributed by atoms with van der Waals surface area (Å²) >= 11 is 6.09. The molecule has 0 spiro atoms. The molecule has 0 aliphatic heterocycles. The highest BCUT2D eigenvalue weighted by Gasteiger charge is 2.19. The van der Waals surface area contributed by atoms with Gasteiger partial charge in [-0.3, -0.25) is 4.79 Å². The van der Waals surface area contributed by atoms with E-state index in [1.54, 1.807) is 6.07 Å². The van der Waals surface area contributed by atoms with Crippen LogP contribution in [-0.4, -0.2) is 24.2 Å². The number of halogens is 1. The Hall–Kier alpha value is -1.52. The number of benzene rings is 1. The van der Waals surface area contributed by atoms with Crippen LogP contribution in [0.15, 0.2) is 22.6 Å². The molecule has 1 heterocycles. The van der Waals surface area contributed by atoms with E-state index in [2.05, 4.69) is 5.32 Å². The first kappa shape index (κ1) is 16.8. The second kappa shape index (κ2) is 6.71. The molecule has 0 unspecified atom stereocenters. The summed E-state index contributed by atoms with van der Waals surface area (Å²) in [5.41, 5.74) is 1.23. The van der Waals surface area contributed by atoms with Crippen LogP contribution < -0.4 is 5.32 Å². The normalized spacial score (nSPS) is 11.9. The summed E-state index contributed by atoms with van der Waals surface area (Å²) in [7, 11) is 0. The third-order valence-corrected chi connectivity index (χ3v) is 4.16. The number of aliphatic hydroxyl groups is 1. The number of aliphatic hydroxyl groups excluding tert-OH is 1. The molecule has 1 amide bonds. The number of fused-ring (bicyclic) bond motifs is 1. The predicted molar refractivity (Wildman–Crippen MR) is 88.4 cm³/mol. The summed E-state index contributed by atoms with van der Waals surface area (Å²) in [4.78, 5) is 12.2. The number of carbonyl (C=O) groups excluding carboxylic acids is 1. The Bertz CT molecular complexity index is 676. The summed E-state index contributed by atoms with van der Waals surface area (Å²) in [6.07, 6.45) is 1.65. The van der Waals surface area contributed by atoms with Crippen LogP contribution in [0, 0.1) is 12.3 Å². The van der Waals surface area contributed by atoms with Gasteiger partial charge < -0.3 is 14.8 Å². The van der Waals surface area contributed by atoms with Gasteiger partial charge >= 0.3 is 0 Å². The first-order valence-corrected chi connectivity index (χ1v) is 7.80. The smallest absolute Gasteiger partial charge is 0.287 e. The van der Waals surface area contributed by atoms with Crippen molar-refractivity contribution < 1.29 is 14.3 Å². The van der Waals surface area contributed by atoms with Crippen molar-refractivity contribution in [2.45, 2.75) is 33.6 Å². The molecule has 1 aromatic carbocycles. The molecule has 0 saturated carbocycles. The second-order valence-corrected chi connectivity index (χ2v) is 6.76. The highest BCUT2D eigenvalue weighted by atomic mass is 35.5. The minimum absolute atomic E-state index is 0.118. The highest BCUT2D eigenvalue weighted by Crippen LogP contribution is 2.30. The van der Waals surface area contributed by atoms with Crippen molar-refractivity contribution in [1.29, 1.82) is 0 Å². The Kier molecular flexibility index (Phi) is 5.14. The lowest BCUT2D eigenvalue weighted by Gasteiger charge is -2.21. The molecular formula is C17H22ClNO3. The van der Waals surface area contributed by atoms with E-state index in [0.29, 0.717) is 22.9 Å². The second-order valence-electron chi connectivity index (χ2n) is 6.35. The molecule has 2 N–H and O–H groups in total. The monoisotopic (exact) mass is 323 g/mol. The van der Waals surface area contributed by atoms with Crippen LogP contribution in [0.25, 0.3) is 11.0 Å². The van der Waals surface area contributed by atoms with Gasteiger partial charge in [0, 0.05) is 24.1 Å². The molecule has 5 heteroatoms. The van der Waals surface area contributed by atoms with Crippen molar-refractivity contribution in [2.75, 3.05) is 13.2 Å². The number of aryl methyl sites for hydroxylation is 1. The Morgan fingerprint density at radius 2 is 2.14 bits per heavy atom. The van der Waals surface area contributed by atoms with Gasteiger partial charge in [-0.25, -0.2) is 0 Å². The third kappa shape index (κ3) is 3.62. The average molecular weight is 324 g/mol. The minimum Gasteiger partial charge on any atom is -0.449 e. The number of furan rings is 1. The van der Waals surface area contributed by atoms with E-state index in [1.807, 2.05) is 32.9 Å². The number of hydrogen-bond acceptors (Lipinski definition) is 3. The van der Waals surface area contributed by atoms with Crippen molar-refractivity contribution in [3.8, 4) is 0 Å². The maximum absolute atomic E-state index is 12.2. The van der Waals surface area contributed by atoms with Gasteiger partial charge in [0.25, 0.3) is 5.91 Å². The largest absolute Gasteiger partial charge is 0.449 e. The lowest BCUT2D eigenvalue weighted by molar-refractivity contribution is 0.0922. The van der Waals surface area contributed by atoms with Crippen molar-refractivity contribution in [3.63, 3.8) is 0 Å². The lowest BCUT2D eigenvalue weighted by Crippen LogP contribution is -2.26. The predicted octanol–water partition coefficient (Wildman–Crippen LogP) is 3.92. The summed E-state index contributed by atoms with van der Waals surface area (Å²) in [6.45, 7) is 6.54. The molecular weight excluding hydrogens is 302 g/mol. The zero-order valence-electron chi connectivity index (χ0n) is 13.2. The Labute approximate surface area is 135 Å². The van der Waals surface area contributed by atoms with Crippen molar-refractivity contribution in [3.05, 3.63) is 34.5 Å². The van der Waals surface area contributed by atoms with Crippen LogP contribution in [0.3, 0.4) is 0 Å². The van der Waals surface area contributed by atoms with Crippen LogP contribution in [0.2, 0.25) is 5.02 Å². The summed E-state index contributed by atoms with van der Waals surface area (Å²) in [5, 5.41) is 13.4. The standard InChI is InChI=1S/C17H22ClNO3/c1-11-12-6-4-7-13(18)15(12)22-14(11)16(21)19-9-5-8-17(2,3)10-20/h4,6-7,20H,5,8-10H2,1-3H3,(H,19,21). The average Bonchev–Trinajstić information content (AvgIpc) is 2.82. The Morgan fingerprint density at radius 1 is 1.41 bits per heavy atom. The summed E-state index contributed by atoms with van der Waals surface area (Å²) in [6, 6.07) is 5.47. The number of hydrogen-bond donors (Lipinski definition) is 2. The first-order chi connectivity index (χ1) is 10.4. The van der Waals surface area contributed by atoms with E-state index < -0.39 is 0 Å². The Balaban J connectivity index is 2.02. The van der Waals surface area contributed by atoms with Crippen LogP contribution in [0.4, 0.5) is 0 Å². The van der Waals surface area contributed by atoms with Crippen LogP contribution in [-0.2, 0) is 0 Å². The van der Waals surface area contributed by atoms with Crippen molar-refractivity contribution in [1.82, 2.24) is 5.32 Å². The molecule has 0 fully saturated rings. The molecule has 2 aromatic rings. The molecule has 0 atom stereocenters. The zero-order valence-corrected chi connectivity index (χ0v) is 14.0. The molecule has 0 aliphatic carbocycles. The number of carbonyl (C=O) groups is 1. The van der Waals surface area contributed by atoms with E-state index in [4.69, 9.17) is 16.0 Å². The molecule has 120 valence electrons. The SMILES string of the molecule is Cc1c(C(=O)NCCCC(C)(C)CO)oc2c(Cl)cccc12. The van der Waals surface area contributed by atoms with Gasteiger partial charge in [0.15, 0.2) is 11.3 Å². The van der Waals surface area contributed by atoms with Gasteiger partial charge in [-0.1, -0.05) is 37.6 Å². The van der Waals surface area contributed by atoms with Crippen LogP contribution in [0.5, 0.6) is 0 Å². The van der Waals surface area contributed by atoms with Crippen LogP contribution in [0.1, 0.15) is 42.8 Å². The fourth-order valence-corrected chi connectivity index (χ4v) is 2.57. The van der Waals surface area contributed by atoms with Gasteiger partial charge in [-0.2, -0.15) is 0 Å². The van der Waals surface area contributed by atoms with Gasteiger partial charge in [0.1, 0.15) is 0 Å². The lowest BCUT2D eigenvalue weighted by atomic mass is 9.89. The number of rotatable bonds is 6. The van der Waals surface area contributed by atoms with Gasteiger partial charge in [0.05, 0.1) is 5.02 Å². The number of para-hydroxylation sites is 1. The highest BCUT2D eigenvalue weighted by molar-refractivity contribution is 6.35. The fourth-order valence-electron chi connectivity index (χ4n) is 2.35. The summed E-state index contributed by atoms with van der Waals surface area (Å²) in [5.74, 6) is 0.0797. The van der Waals surface area contributed by atoms with Crippen LogP contribution >= 0.6 is 11.6 Å². The van der Waals surface area contributed by atoms with E-state index in [0.717, 1.165) is 23.8 Å². The molecule has 22 heavy (non-hydrogen) atoms. The molecule has 0 bridgehead atoms. The van der Waals surface area contributed by atoms with Crippen molar-refractivity contribution >= 4 is 28.5 Å². The molecule has 2 rings (SSSR count). The fraction of sp³-hybridized carbons (Fsp3) is 0.471. The van der Waals surface area contributed by atoms with Gasteiger partial charge in [-0.05, 0) is 31.2 Å². The third-order valence-electron chi connectivity index (χ3n) is 3.87. The first-order valence-electron chi connectivity index (χ1n) is 7.42. The van der Waals surface area contributed by atoms with E-state index in [-0.39, 0.29) is 17.9 Å². The molecule has 0 aliphatic rings. The maximum atomic E-state index is 12.2.